The van der Waals surface area contributed by atoms with Gasteiger partial charge in [0.05, 0.1) is 21.3 Å². The van der Waals surface area contributed by atoms with Crippen LogP contribution in [0.15, 0.2) is 18.2 Å². The highest BCUT2D eigenvalue weighted by atomic mass is 35.5. The largest absolute Gasteiger partial charge is 0.434 e. The molecule has 30 heavy (non-hydrogen) atoms. The molecule has 2 rings (SSSR count). The van der Waals surface area contributed by atoms with E-state index in [1.807, 2.05) is 0 Å². The number of hydrogen-bond donors (Lipinski definition) is 1. The number of nitrogens with zero attached hydrogens (tertiary/aromatic N) is 2. The molecule has 0 aliphatic carbocycles. The molecule has 1 N–H and O–H groups in total. The van der Waals surface area contributed by atoms with Crippen LogP contribution in [0.5, 0.6) is 11.6 Å². The Hall–Kier alpha value is -1.93. The molecule has 1 aromatic heterocycles. The Bertz CT molecular complexity index is 846. The molecule has 1 amide bonds. The first kappa shape index (κ1) is 24.3. The van der Waals surface area contributed by atoms with Crippen LogP contribution in [-0.4, -0.2) is 22.4 Å². The number of nitrogens with one attached hydrogen (secondary N) is 1. The summed E-state index contributed by atoms with van der Waals surface area (Å²) < 4.78 is 45.1. The summed E-state index contributed by atoms with van der Waals surface area (Å²) in [6.45, 7) is 4.33. The van der Waals surface area contributed by atoms with Crippen molar-refractivity contribution in [1.29, 1.82) is 0 Å². The standard InChI is InChI=1S/C20H24Cl2F3N3O2/c1-3-4-5-6-7-8-9-26-19(29)28-13(2)10-17(27-28)30-18-15(21)11-14(12-16(18)22)20(23,24)25/h10-12H,3-9H2,1-2H3,(H,26,29). The molecule has 0 saturated carbocycles. The number of halogens is 5. The molecule has 0 saturated heterocycles. The molecule has 0 fully saturated rings. The molecule has 5 nitrogen and oxygen atoms in total. The van der Waals surface area contributed by atoms with E-state index in [2.05, 4.69) is 17.3 Å². The fourth-order valence-corrected chi connectivity index (χ4v) is 3.37. The zero-order valence-corrected chi connectivity index (χ0v) is 18.3. The lowest BCUT2D eigenvalue weighted by atomic mass is 10.1. The van der Waals surface area contributed by atoms with Gasteiger partial charge in [-0.1, -0.05) is 62.2 Å². The number of amides is 1. The normalized spacial score (nSPS) is 11.6. The summed E-state index contributed by atoms with van der Waals surface area (Å²) in [4.78, 5) is 12.3. The number of aryl methyl sites for hydroxylation is 1. The van der Waals surface area contributed by atoms with E-state index in [1.54, 1.807) is 6.92 Å². The van der Waals surface area contributed by atoms with Gasteiger partial charge in [0.2, 0.25) is 5.88 Å². The number of hydrogen-bond acceptors (Lipinski definition) is 3. The fraction of sp³-hybridized carbons (Fsp3) is 0.500. The van der Waals surface area contributed by atoms with Gasteiger partial charge in [0.25, 0.3) is 0 Å². The quantitative estimate of drug-likeness (QED) is 0.397. The average molecular weight is 466 g/mol. The van der Waals surface area contributed by atoms with E-state index in [0.29, 0.717) is 12.2 Å². The lowest BCUT2D eigenvalue weighted by Gasteiger charge is -2.11. The highest BCUT2D eigenvalue weighted by Crippen LogP contribution is 2.41. The van der Waals surface area contributed by atoms with Crippen LogP contribution in [0.25, 0.3) is 0 Å². The number of benzene rings is 1. The smallest absolute Gasteiger partial charge is 0.416 e. The maximum absolute atomic E-state index is 12.8. The van der Waals surface area contributed by atoms with Gasteiger partial charge in [0.1, 0.15) is 0 Å². The summed E-state index contributed by atoms with van der Waals surface area (Å²) >= 11 is 11.8. The molecule has 0 spiro atoms. The number of carbonyl (C=O) groups is 1. The van der Waals surface area contributed by atoms with Gasteiger partial charge in [0.15, 0.2) is 5.75 Å². The maximum atomic E-state index is 12.8. The van der Waals surface area contributed by atoms with Crippen molar-refractivity contribution >= 4 is 29.2 Å². The van der Waals surface area contributed by atoms with E-state index in [9.17, 15) is 18.0 Å². The zero-order valence-electron chi connectivity index (χ0n) is 16.8. The van der Waals surface area contributed by atoms with Crippen LogP contribution in [-0.2, 0) is 6.18 Å². The van der Waals surface area contributed by atoms with E-state index >= 15 is 0 Å². The van der Waals surface area contributed by atoms with E-state index in [0.717, 1.165) is 36.1 Å². The van der Waals surface area contributed by atoms with E-state index < -0.39 is 17.8 Å². The first-order valence-corrected chi connectivity index (χ1v) is 10.5. The molecule has 0 aliphatic heterocycles. The Labute approximate surface area is 183 Å². The van der Waals surface area contributed by atoms with Crippen molar-refractivity contribution in [3.8, 4) is 11.6 Å². The van der Waals surface area contributed by atoms with Gasteiger partial charge in [-0.3, -0.25) is 0 Å². The van der Waals surface area contributed by atoms with Gasteiger partial charge in [-0.05, 0) is 25.5 Å². The molecule has 1 heterocycles. The Morgan fingerprint density at radius 2 is 1.70 bits per heavy atom. The SMILES string of the molecule is CCCCCCCCNC(=O)n1nc(Oc2c(Cl)cc(C(F)(F)F)cc2Cl)cc1C. The van der Waals surface area contributed by atoms with Crippen LogP contribution in [0.2, 0.25) is 10.0 Å². The van der Waals surface area contributed by atoms with Crippen LogP contribution in [0.1, 0.15) is 56.7 Å². The molecular weight excluding hydrogens is 442 g/mol. The lowest BCUT2D eigenvalue weighted by Crippen LogP contribution is -2.30. The predicted molar refractivity (Wildman–Crippen MR) is 111 cm³/mol. The third-order valence-corrected chi connectivity index (χ3v) is 4.96. The van der Waals surface area contributed by atoms with Gasteiger partial charge in [-0.2, -0.15) is 17.9 Å². The summed E-state index contributed by atoms with van der Waals surface area (Å²) in [5.41, 5.74) is -0.495. The molecule has 0 unspecified atom stereocenters. The van der Waals surface area contributed by atoms with E-state index in [4.69, 9.17) is 27.9 Å². The second kappa shape index (κ2) is 10.9. The highest BCUT2D eigenvalue weighted by Gasteiger charge is 2.32. The minimum atomic E-state index is -4.59. The van der Waals surface area contributed by atoms with Crippen molar-refractivity contribution in [3.05, 3.63) is 39.5 Å². The third-order valence-electron chi connectivity index (χ3n) is 4.40. The molecule has 166 valence electrons. The minimum Gasteiger partial charge on any atom is -0.434 e. The third kappa shape index (κ3) is 6.80. The highest BCUT2D eigenvalue weighted by molar-refractivity contribution is 6.37. The van der Waals surface area contributed by atoms with Gasteiger partial charge in [0, 0.05) is 12.6 Å². The van der Waals surface area contributed by atoms with E-state index in [1.165, 1.54) is 25.3 Å². The lowest BCUT2D eigenvalue weighted by molar-refractivity contribution is -0.137. The van der Waals surface area contributed by atoms with Crippen molar-refractivity contribution in [3.63, 3.8) is 0 Å². The topological polar surface area (TPSA) is 56.2 Å². The molecule has 0 atom stereocenters. The predicted octanol–water partition coefficient (Wildman–Crippen LogP) is 7.23. The summed E-state index contributed by atoms with van der Waals surface area (Å²) in [5.74, 6) is -0.172. The van der Waals surface area contributed by atoms with Crippen LogP contribution in [0.4, 0.5) is 18.0 Å². The number of unbranched alkanes of at least 4 members (excludes halogenated alkanes) is 5. The molecular formula is C20H24Cl2F3N3O2. The molecule has 10 heteroatoms. The Morgan fingerprint density at radius 3 is 2.30 bits per heavy atom. The first-order chi connectivity index (χ1) is 14.1. The Morgan fingerprint density at radius 1 is 1.10 bits per heavy atom. The van der Waals surface area contributed by atoms with E-state index in [-0.39, 0.29) is 21.7 Å². The summed E-state index contributed by atoms with van der Waals surface area (Å²) in [6.07, 6.45) is 2.05. The van der Waals surface area contributed by atoms with Crippen LogP contribution in [0.3, 0.4) is 0 Å². The monoisotopic (exact) mass is 465 g/mol. The van der Waals surface area contributed by atoms with Crippen molar-refractivity contribution in [2.75, 3.05) is 6.54 Å². The average Bonchev–Trinajstić information content (AvgIpc) is 3.03. The van der Waals surface area contributed by atoms with Crippen LogP contribution >= 0.6 is 23.2 Å². The Kier molecular flexibility index (Phi) is 8.85. The molecule has 2 aromatic rings. The molecule has 1 aromatic carbocycles. The molecule has 0 aliphatic rings. The first-order valence-electron chi connectivity index (χ1n) is 9.72. The summed E-state index contributed by atoms with van der Waals surface area (Å²) in [6, 6.07) is 2.49. The van der Waals surface area contributed by atoms with Crippen molar-refractivity contribution in [1.82, 2.24) is 15.1 Å². The second-order valence-corrected chi connectivity index (χ2v) is 7.72. The number of alkyl halides is 3. The maximum Gasteiger partial charge on any atom is 0.416 e. The molecule has 0 bridgehead atoms. The summed E-state index contributed by atoms with van der Waals surface area (Å²) in [5, 5.41) is 6.20. The fourth-order valence-electron chi connectivity index (χ4n) is 2.80. The van der Waals surface area contributed by atoms with Crippen LogP contribution in [0, 0.1) is 6.92 Å². The number of rotatable bonds is 9. The number of aromatic nitrogens is 2. The molecule has 0 radical (unpaired) electrons. The van der Waals surface area contributed by atoms with Gasteiger partial charge in [-0.25, -0.2) is 4.79 Å². The van der Waals surface area contributed by atoms with Crippen molar-refractivity contribution in [2.24, 2.45) is 0 Å². The van der Waals surface area contributed by atoms with Gasteiger partial charge >= 0.3 is 12.2 Å². The second-order valence-electron chi connectivity index (χ2n) is 6.90. The van der Waals surface area contributed by atoms with Crippen LogP contribution < -0.4 is 10.1 Å². The number of ether oxygens (including phenoxy) is 1. The number of carbonyl (C=O) groups excluding carboxylic acids is 1. The zero-order chi connectivity index (χ0) is 22.3. The van der Waals surface area contributed by atoms with Crippen molar-refractivity contribution < 1.29 is 22.7 Å². The minimum absolute atomic E-state index is 0.00854. The summed E-state index contributed by atoms with van der Waals surface area (Å²) in [7, 11) is 0. The van der Waals surface area contributed by atoms with Crippen molar-refractivity contribution in [2.45, 2.75) is 58.5 Å². The van der Waals surface area contributed by atoms with Gasteiger partial charge < -0.3 is 10.1 Å². The van der Waals surface area contributed by atoms with Gasteiger partial charge in [-0.15, -0.1) is 5.10 Å². The Balaban J connectivity index is 1.99.